The number of ether oxygens (including phenoxy) is 1. The fourth-order valence-electron chi connectivity index (χ4n) is 1.54. The minimum absolute atomic E-state index is 0.0213. The van der Waals surface area contributed by atoms with Crippen LogP contribution in [0.1, 0.15) is 25.3 Å². The molecule has 0 atom stereocenters. The Morgan fingerprint density at radius 3 is 2.83 bits per heavy atom. The van der Waals surface area contributed by atoms with Gasteiger partial charge in [0.2, 0.25) is 5.91 Å². The molecule has 4 heteroatoms. The third-order valence-electron chi connectivity index (χ3n) is 2.62. The highest BCUT2D eigenvalue weighted by Gasteiger charge is 2.04. The van der Waals surface area contributed by atoms with E-state index in [4.69, 9.17) is 10.5 Å². The summed E-state index contributed by atoms with van der Waals surface area (Å²) in [5.41, 5.74) is 7.30. The topological polar surface area (TPSA) is 64.3 Å². The Kier molecular flexibility index (Phi) is 6.87. The number of para-hydroxylation sites is 1. The van der Waals surface area contributed by atoms with Gasteiger partial charge in [-0.2, -0.15) is 0 Å². The van der Waals surface area contributed by atoms with Crippen LogP contribution >= 0.6 is 0 Å². The van der Waals surface area contributed by atoms with E-state index in [-0.39, 0.29) is 5.91 Å². The normalized spacial score (nSPS) is 10.3. The number of nitrogen functional groups attached to an aromatic ring is 1. The predicted molar refractivity (Wildman–Crippen MR) is 73.3 cm³/mol. The van der Waals surface area contributed by atoms with Crippen molar-refractivity contribution < 1.29 is 9.53 Å². The van der Waals surface area contributed by atoms with Gasteiger partial charge in [-0.3, -0.25) is 4.79 Å². The maximum atomic E-state index is 11.6. The van der Waals surface area contributed by atoms with Crippen molar-refractivity contribution >= 4 is 11.6 Å². The van der Waals surface area contributed by atoms with Crippen LogP contribution in [0.2, 0.25) is 0 Å². The number of nitrogens with one attached hydrogen (secondary N) is 1. The van der Waals surface area contributed by atoms with E-state index >= 15 is 0 Å². The fourth-order valence-corrected chi connectivity index (χ4v) is 1.54. The molecule has 0 saturated carbocycles. The van der Waals surface area contributed by atoms with E-state index in [0.717, 1.165) is 25.0 Å². The van der Waals surface area contributed by atoms with Gasteiger partial charge in [0.25, 0.3) is 0 Å². The van der Waals surface area contributed by atoms with E-state index in [1.54, 1.807) is 6.07 Å². The van der Waals surface area contributed by atoms with Crippen molar-refractivity contribution in [2.24, 2.45) is 0 Å². The molecule has 0 aromatic heterocycles. The number of hydrogen-bond acceptors (Lipinski definition) is 3. The number of anilines is 1. The monoisotopic (exact) mass is 250 g/mol. The highest BCUT2D eigenvalue weighted by atomic mass is 16.5. The van der Waals surface area contributed by atoms with Gasteiger partial charge >= 0.3 is 0 Å². The first kappa shape index (κ1) is 14.5. The molecule has 0 heterocycles. The van der Waals surface area contributed by atoms with Crippen LogP contribution in [0.25, 0.3) is 0 Å². The van der Waals surface area contributed by atoms with Crippen molar-refractivity contribution in [3.63, 3.8) is 0 Å². The average Bonchev–Trinajstić information content (AvgIpc) is 2.36. The first-order valence-electron chi connectivity index (χ1n) is 6.42. The minimum Gasteiger partial charge on any atom is -0.398 e. The van der Waals surface area contributed by atoms with Gasteiger partial charge in [-0.15, -0.1) is 0 Å². The van der Waals surface area contributed by atoms with Crippen LogP contribution < -0.4 is 11.1 Å². The number of rotatable bonds is 8. The summed E-state index contributed by atoms with van der Waals surface area (Å²) in [6, 6.07) is 7.41. The van der Waals surface area contributed by atoms with E-state index in [0.29, 0.717) is 25.3 Å². The third kappa shape index (κ3) is 5.68. The zero-order chi connectivity index (χ0) is 13.2. The number of carbonyl (C=O) groups is 1. The van der Waals surface area contributed by atoms with Gasteiger partial charge in [-0.05, 0) is 18.1 Å². The van der Waals surface area contributed by atoms with Crippen molar-refractivity contribution in [2.75, 3.05) is 25.5 Å². The molecule has 3 N–H and O–H groups in total. The first-order chi connectivity index (χ1) is 8.74. The van der Waals surface area contributed by atoms with E-state index < -0.39 is 0 Å². The summed E-state index contributed by atoms with van der Waals surface area (Å²) in [5.74, 6) is -0.0213. The Morgan fingerprint density at radius 2 is 2.11 bits per heavy atom. The number of benzene rings is 1. The maximum Gasteiger partial charge on any atom is 0.224 e. The molecule has 18 heavy (non-hydrogen) atoms. The number of carbonyl (C=O) groups excluding carboxylic acids is 1. The van der Waals surface area contributed by atoms with Gasteiger partial charge in [0.15, 0.2) is 0 Å². The molecule has 0 radical (unpaired) electrons. The predicted octanol–water partition coefficient (Wildman–Crippen LogP) is 1.74. The molecule has 0 aliphatic carbocycles. The summed E-state index contributed by atoms with van der Waals surface area (Å²) in [7, 11) is 0. The molecule has 4 nitrogen and oxygen atoms in total. The second-order valence-corrected chi connectivity index (χ2v) is 4.19. The van der Waals surface area contributed by atoms with E-state index in [9.17, 15) is 4.79 Å². The van der Waals surface area contributed by atoms with Crippen molar-refractivity contribution in [1.29, 1.82) is 0 Å². The van der Waals surface area contributed by atoms with Crippen LogP contribution in [0.5, 0.6) is 0 Å². The summed E-state index contributed by atoms with van der Waals surface area (Å²) in [6.45, 7) is 4.00. The van der Waals surface area contributed by atoms with Crippen molar-refractivity contribution in [1.82, 2.24) is 5.32 Å². The highest BCUT2D eigenvalue weighted by molar-refractivity contribution is 5.80. The molecule has 0 aliphatic rings. The zero-order valence-corrected chi connectivity index (χ0v) is 10.9. The fraction of sp³-hybridized carbons (Fsp3) is 0.500. The lowest BCUT2D eigenvalue weighted by molar-refractivity contribution is -0.120. The molecule has 1 amide bonds. The SMILES string of the molecule is CCCCOCCNC(=O)Cc1ccccc1N. The number of hydrogen-bond donors (Lipinski definition) is 2. The summed E-state index contributed by atoms with van der Waals surface area (Å²) < 4.78 is 5.36. The molecule has 0 bridgehead atoms. The van der Waals surface area contributed by atoms with Crippen LogP contribution in [-0.4, -0.2) is 25.7 Å². The van der Waals surface area contributed by atoms with Crippen LogP contribution in [0.3, 0.4) is 0 Å². The summed E-state index contributed by atoms with van der Waals surface area (Å²) in [4.78, 5) is 11.6. The Hall–Kier alpha value is -1.55. The van der Waals surface area contributed by atoms with E-state index in [1.807, 2.05) is 18.2 Å². The second kappa shape index (κ2) is 8.53. The standard InChI is InChI=1S/C14H22N2O2/c1-2-3-9-18-10-8-16-14(17)11-12-6-4-5-7-13(12)15/h4-7H,2-3,8-11,15H2,1H3,(H,16,17). The summed E-state index contributed by atoms with van der Waals surface area (Å²) >= 11 is 0. The van der Waals surface area contributed by atoms with Gasteiger partial charge in [0.05, 0.1) is 13.0 Å². The number of unbranched alkanes of at least 4 members (excludes halogenated alkanes) is 1. The largest absolute Gasteiger partial charge is 0.398 e. The quantitative estimate of drug-likeness (QED) is 0.545. The van der Waals surface area contributed by atoms with E-state index in [2.05, 4.69) is 12.2 Å². The van der Waals surface area contributed by atoms with Gasteiger partial charge in [-0.1, -0.05) is 31.5 Å². The number of amides is 1. The number of nitrogens with two attached hydrogens (primary N) is 1. The lowest BCUT2D eigenvalue weighted by Crippen LogP contribution is -2.29. The van der Waals surface area contributed by atoms with Crippen molar-refractivity contribution in [2.45, 2.75) is 26.2 Å². The molecular weight excluding hydrogens is 228 g/mol. The van der Waals surface area contributed by atoms with Crippen LogP contribution in [-0.2, 0) is 16.0 Å². The maximum absolute atomic E-state index is 11.6. The Morgan fingerprint density at radius 1 is 1.33 bits per heavy atom. The lowest BCUT2D eigenvalue weighted by atomic mass is 10.1. The second-order valence-electron chi connectivity index (χ2n) is 4.19. The molecule has 1 aromatic rings. The molecule has 0 fully saturated rings. The van der Waals surface area contributed by atoms with Gasteiger partial charge in [0.1, 0.15) is 0 Å². The minimum atomic E-state index is -0.0213. The van der Waals surface area contributed by atoms with Crippen LogP contribution in [0, 0.1) is 0 Å². The average molecular weight is 250 g/mol. The molecule has 100 valence electrons. The molecule has 0 aliphatic heterocycles. The molecule has 0 unspecified atom stereocenters. The first-order valence-corrected chi connectivity index (χ1v) is 6.42. The Labute approximate surface area is 109 Å². The summed E-state index contributed by atoms with van der Waals surface area (Å²) in [5, 5.41) is 2.82. The Bertz CT molecular complexity index is 367. The smallest absolute Gasteiger partial charge is 0.224 e. The molecule has 0 saturated heterocycles. The van der Waals surface area contributed by atoms with Crippen LogP contribution in [0.15, 0.2) is 24.3 Å². The van der Waals surface area contributed by atoms with Gasteiger partial charge in [-0.25, -0.2) is 0 Å². The lowest BCUT2D eigenvalue weighted by Gasteiger charge is -2.07. The summed E-state index contributed by atoms with van der Waals surface area (Å²) in [6.07, 6.45) is 2.51. The zero-order valence-electron chi connectivity index (χ0n) is 10.9. The molecule has 1 aromatic carbocycles. The third-order valence-corrected chi connectivity index (χ3v) is 2.62. The molecule has 0 spiro atoms. The van der Waals surface area contributed by atoms with Crippen LogP contribution in [0.4, 0.5) is 5.69 Å². The van der Waals surface area contributed by atoms with E-state index in [1.165, 1.54) is 0 Å². The Balaban J connectivity index is 2.16. The van der Waals surface area contributed by atoms with Gasteiger partial charge < -0.3 is 15.8 Å². The molecular formula is C14H22N2O2. The van der Waals surface area contributed by atoms with Gasteiger partial charge in [0, 0.05) is 18.8 Å². The van der Waals surface area contributed by atoms with Crippen molar-refractivity contribution in [3.8, 4) is 0 Å². The van der Waals surface area contributed by atoms with Crippen molar-refractivity contribution in [3.05, 3.63) is 29.8 Å². The highest BCUT2D eigenvalue weighted by Crippen LogP contribution is 2.10. The molecule has 1 rings (SSSR count).